The minimum absolute atomic E-state index is 0.139. The smallest absolute Gasteiger partial charge is 0.231 e. The minimum Gasteiger partial charge on any atom is -0.339 e. The number of halogens is 2. The number of hydrogen-bond acceptors (Lipinski definition) is 4. The Morgan fingerprint density at radius 2 is 2.00 bits per heavy atom. The van der Waals surface area contributed by atoms with Crippen LogP contribution in [0.1, 0.15) is 39.0 Å². The van der Waals surface area contributed by atoms with Crippen LogP contribution in [0.2, 0.25) is 10.0 Å². The summed E-state index contributed by atoms with van der Waals surface area (Å²) in [5, 5.41) is 8.44. The van der Waals surface area contributed by atoms with E-state index in [0.29, 0.717) is 21.8 Å². The molecule has 0 aliphatic heterocycles. The highest BCUT2D eigenvalue weighted by atomic mass is 35.5. The van der Waals surface area contributed by atoms with E-state index in [1.807, 2.05) is 6.07 Å². The van der Waals surface area contributed by atoms with Crippen molar-refractivity contribution in [3.8, 4) is 11.4 Å². The van der Waals surface area contributed by atoms with E-state index in [1.165, 1.54) is 0 Å². The quantitative estimate of drug-likeness (QED) is 0.846. The zero-order valence-electron chi connectivity index (χ0n) is 12.4. The van der Waals surface area contributed by atoms with Crippen LogP contribution in [0.25, 0.3) is 11.4 Å². The van der Waals surface area contributed by atoms with Gasteiger partial charge in [0.2, 0.25) is 11.7 Å². The lowest BCUT2D eigenvalue weighted by Gasteiger charge is -2.17. The largest absolute Gasteiger partial charge is 0.339 e. The third kappa shape index (κ3) is 3.96. The van der Waals surface area contributed by atoms with Crippen molar-refractivity contribution in [2.75, 3.05) is 6.54 Å². The van der Waals surface area contributed by atoms with Crippen molar-refractivity contribution >= 4 is 23.2 Å². The van der Waals surface area contributed by atoms with Gasteiger partial charge in [-0.25, -0.2) is 0 Å². The summed E-state index contributed by atoms with van der Waals surface area (Å²) in [6.07, 6.45) is 1.09. The summed E-state index contributed by atoms with van der Waals surface area (Å²) < 4.78 is 5.37. The van der Waals surface area contributed by atoms with E-state index >= 15 is 0 Å². The molecule has 0 aliphatic carbocycles. The predicted molar refractivity (Wildman–Crippen MR) is 85.9 cm³/mol. The first-order valence-corrected chi connectivity index (χ1v) is 7.81. The number of rotatable bonds is 6. The summed E-state index contributed by atoms with van der Waals surface area (Å²) in [5.74, 6) is 1.28. The molecule has 0 spiro atoms. The predicted octanol–water partition coefficient (Wildman–Crippen LogP) is 4.54. The Bertz CT molecular complexity index is 600. The molecule has 4 nitrogen and oxygen atoms in total. The van der Waals surface area contributed by atoms with Crippen LogP contribution < -0.4 is 5.32 Å². The van der Waals surface area contributed by atoms with E-state index in [2.05, 4.69) is 36.2 Å². The number of aromatic nitrogens is 2. The van der Waals surface area contributed by atoms with Crippen LogP contribution in [0.3, 0.4) is 0 Å². The first-order valence-electron chi connectivity index (χ1n) is 7.05. The zero-order chi connectivity index (χ0) is 15.4. The van der Waals surface area contributed by atoms with E-state index in [4.69, 9.17) is 27.7 Å². The molecule has 0 saturated carbocycles. The van der Waals surface area contributed by atoms with Crippen LogP contribution in [0, 0.1) is 0 Å². The molecule has 21 heavy (non-hydrogen) atoms. The molecule has 2 unspecified atom stereocenters. The topological polar surface area (TPSA) is 51.0 Å². The molecular formula is C15H19Cl2N3O. The molecule has 0 radical (unpaired) electrons. The van der Waals surface area contributed by atoms with Crippen LogP contribution in [0.4, 0.5) is 0 Å². The van der Waals surface area contributed by atoms with Gasteiger partial charge in [-0.1, -0.05) is 42.2 Å². The van der Waals surface area contributed by atoms with Gasteiger partial charge >= 0.3 is 0 Å². The maximum Gasteiger partial charge on any atom is 0.231 e. The van der Waals surface area contributed by atoms with Gasteiger partial charge in [0.15, 0.2) is 0 Å². The molecule has 0 bridgehead atoms. The zero-order valence-corrected chi connectivity index (χ0v) is 13.9. The molecule has 1 aromatic carbocycles. The lowest BCUT2D eigenvalue weighted by Crippen LogP contribution is -2.31. The van der Waals surface area contributed by atoms with Gasteiger partial charge in [0.1, 0.15) is 0 Å². The first kappa shape index (κ1) is 16.3. The molecule has 2 rings (SSSR count). The van der Waals surface area contributed by atoms with Crippen LogP contribution in [0.5, 0.6) is 0 Å². The average molecular weight is 328 g/mol. The summed E-state index contributed by atoms with van der Waals surface area (Å²) in [5.41, 5.74) is 0.792. The molecule has 6 heteroatoms. The molecule has 2 atom stereocenters. The highest BCUT2D eigenvalue weighted by Crippen LogP contribution is 2.28. The molecule has 0 saturated heterocycles. The summed E-state index contributed by atoms with van der Waals surface area (Å²) >= 11 is 11.9. The molecule has 2 aromatic rings. The summed E-state index contributed by atoms with van der Waals surface area (Å²) in [4.78, 5) is 4.46. The summed E-state index contributed by atoms with van der Waals surface area (Å²) in [6, 6.07) is 5.56. The minimum atomic E-state index is 0.139. The Balaban J connectivity index is 2.15. The average Bonchev–Trinajstić information content (AvgIpc) is 2.96. The molecule has 1 heterocycles. The molecule has 1 N–H and O–H groups in total. The van der Waals surface area contributed by atoms with Crippen LogP contribution in [-0.2, 0) is 0 Å². The Labute approximate surface area is 134 Å². The monoisotopic (exact) mass is 327 g/mol. The Kier molecular flexibility index (Phi) is 5.62. The van der Waals surface area contributed by atoms with Gasteiger partial charge in [0, 0.05) is 11.6 Å². The van der Waals surface area contributed by atoms with Crippen molar-refractivity contribution in [1.82, 2.24) is 15.5 Å². The van der Waals surface area contributed by atoms with Crippen LogP contribution in [-0.4, -0.2) is 22.7 Å². The highest BCUT2D eigenvalue weighted by Gasteiger charge is 2.20. The Morgan fingerprint density at radius 1 is 1.24 bits per heavy atom. The third-order valence-corrected chi connectivity index (χ3v) is 4.21. The van der Waals surface area contributed by atoms with Crippen molar-refractivity contribution in [1.29, 1.82) is 0 Å². The fraction of sp³-hybridized carbons (Fsp3) is 0.467. The molecule has 0 fully saturated rings. The highest BCUT2D eigenvalue weighted by molar-refractivity contribution is 6.42. The first-order chi connectivity index (χ1) is 10.0. The Hall–Kier alpha value is -1.10. The number of nitrogens with zero attached hydrogens (tertiary/aromatic N) is 2. The van der Waals surface area contributed by atoms with Gasteiger partial charge in [-0.05, 0) is 38.1 Å². The maximum absolute atomic E-state index is 6.01. The fourth-order valence-corrected chi connectivity index (χ4v) is 2.23. The van der Waals surface area contributed by atoms with Gasteiger partial charge < -0.3 is 9.84 Å². The molecular weight excluding hydrogens is 309 g/mol. The fourth-order valence-electron chi connectivity index (χ4n) is 1.94. The van der Waals surface area contributed by atoms with Crippen molar-refractivity contribution < 1.29 is 4.52 Å². The van der Waals surface area contributed by atoms with E-state index in [0.717, 1.165) is 18.5 Å². The van der Waals surface area contributed by atoms with E-state index in [-0.39, 0.29) is 12.0 Å². The maximum atomic E-state index is 6.01. The van der Waals surface area contributed by atoms with Gasteiger partial charge in [-0.2, -0.15) is 4.98 Å². The van der Waals surface area contributed by atoms with E-state index in [1.54, 1.807) is 12.1 Å². The number of nitrogens with one attached hydrogen (secondary N) is 1. The third-order valence-electron chi connectivity index (χ3n) is 3.48. The van der Waals surface area contributed by atoms with E-state index in [9.17, 15) is 0 Å². The molecule has 0 amide bonds. The van der Waals surface area contributed by atoms with Crippen LogP contribution in [0.15, 0.2) is 22.7 Å². The van der Waals surface area contributed by atoms with Crippen molar-refractivity contribution in [2.45, 2.75) is 39.2 Å². The van der Waals surface area contributed by atoms with Crippen molar-refractivity contribution in [3.63, 3.8) is 0 Å². The number of hydrogen-bond donors (Lipinski definition) is 1. The standard InChI is InChI=1S/C15H19Cl2N3O/c1-4-7-18-10(3)9(2)15-19-14(20-21-15)11-5-6-12(16)13(17)8-11/h5-6,8-10,18H,4,7H2,1-3H3. The van der Waals surface area contributed by atoms with Gasteiger partial charge in [0.05, 0.1) is 16.0 Å². The summed E-state index contributed by atoms with van der Waals surface area (Å²) in [7, 11) is 0. The second-order valence-corrected chi connectivity index (χ2v) is 5.93. The van der Waals surface area contributed by atoms with Gasteiger partial charge in [-0.3, -0.25) is 0 Å². The second kappa shape index (κ2) is 7.25. The second-order valence-electron chi connectivity index (χ2n) is 5.12. The lowest BCUT2D eigenvalue weighted by atomic mass is 10.0. The normalized spacial score (nSPS) is 14.1. The SMILES string of the molecule is CCCNC(C)C(C)c1nc(-c2ccc(Cl)c(Cl)c2)no1. The lowest BCUT2D eigenvalue weighted by molar-refractivity contribution is 0.331. The molecule has 1 aromatic heterocycles. The summed E-state index contributed by atoms with van der Waals surface area (Å²) in [6.45, 7) is 7.29. The van der Waals surface area contributed by atoms with Crippen molar-refractivity contribution in [3.05, 3.63) is 34.1 Å². The van der Waals surface area contributed by atoms with Gasteiger partial charge in [0.25, 0.3) is 0 Å². The van der Waals surface area contributed by atoms with Crippen LogP contribution >= 0.6 is 23.2 Å². The molecule has 0 aliphatic rings. The Morgan fingerprint density at radius 3 is 2.67 bits per heavy atom. The van der Waals surface area contributed by atoms with Crippen molar-refractivity contribution in [2.24, 2.45) is 0 Å². The van der Waals surface area contributed by atoms with Gasteiger partial charge in [-0.15, -0.1) is 0 Å². The van der Waals surface area contributed by atoms with E-state index < -0.39 is 0 Å². The molecule has 114 valence electrons. The number of benzene rings is 1.